The predicted octanol–water partition coefficient (Wildman–Crippen LogP) is 0.907. The maximum atomic E-state index is 4.62. The lowest BCUT2D eigenvalue weighted by atomic mass is 10.3. The first kappa shape index (κ1) is 7.02. The van der Waals surface area contributed by atoms with E-state index in [9.17, 15) is 0 Å². The zero-order valence-electron chi connectivity index (χ0n) is 5.87. The summed E-state index contributed by atoms with van der Waals surface area (Å²) in [5.74, 6) is 0. The molecule has 1 aromatic rings. The van der Waals surface area contributed by atoms with Crippen LogP contribution in [0.4, 0.5) is 0 Å². The van der Waals surface area contributed by atoms with Gasteiger partial charge in [0.2, 0.25) is 0 Å². The molecule has 1 rings (SSSR count). The number of rotatable bonds is 3. The van der Waals surface area contributed by atoms with Gasteiger partial charge in [0.05, 0.1) is 6.20 Å². The summed E-state index contributed by atoms with van der Waals surface area (Å²) in [5, 5.41) is 6.55. The fourth-order valence-electron chi connectivity index (χ4n) is 0.608. The molecular weight excluding hydrogens is 128 g/mol. The highest BCUT2D eigenvalue weighted by Gasteiger charge is 1.85. The number of hydrogen-bond donors (Lipinski definition) is 1. The van der Waals surface area contributed by atoms with Crippen molar-refractivity contribution in [2.45, 2.75) is 0 Å². The Bertz CT molecular complexity index is 191. The molecule has 10 heavy (non-hydrogen) atoms. The van der Waals surface area contributed by atoms with Gasteiger partial charge in [-0.2, -0.15) is 0 Å². The number of aromatic nitrogens is 1. The highest BCUT2D eigenvalue weighted by atomic mass is 16.5. The molecule has 0 fully saturated rings. The quantitative estimate of drug-likeness (QED) is 0.674. The first-order valence-electron chi connectivity index (χ1n) is 3.14. The van der Waals surface area contributed by atoms with E-state index < -0.39 is 0 Å². The molecule has 0 radical (unpaired) electrons. The molecule has 0 spiro atoms. The molecular formula is C7H10N2O. The van der Waals surface area contributed by atoms with Crippen LogP contribution in [0.1, 0.15) is 5.56 Å². The van der Waals surface area contributed by atoms with Gasteiger partial charge in [-0.1, -0.05) is 17.3 Å². The van der Waals surface area contributed by atoms with Crippen molar-refractivity contribution in [2.24, 2.45) is 0 Å². The minimum atomic E-state index is 0.866. The second-order valence-corrected chi connectivity index (χ2v) is 1.92. The lowest BCUT2D eigenvalue weighted by Crippen LogP contribution is -2.03. The molecule has 0 unspecified atom stereocenters. The van der Waals surface area contributed by atoms with E-state index in [0.717, 1.165) is 12.1 Å². The molecule has 0 aliphatic heterocycles. The van der Waals surface area contributed by atoms with Crippen molar-refractivity contribution in [3.8, 4) is 0 Å². The molecule has 1 heterocycles. The summed E-state index contributed by atoms with van der Waals surface area (Å²) in [7, 11) is 1.90. The molecule has 54 valence electrons. The van der Waals surface area contributed by atoms with Crippen LogP contribution in [0.15, 0.2) is 23.1 Å². The average Bonchev–Trinajstić information content (AvgIpc) is 2.41. The first-order chi connectivity index (χ1) is 4.93. The highest BCUT2D eigenvalue weighted by molar-refractivity contribution is 5.45. The van der Waals surface area contributed by atoms with Crippen LogP contribution >= 0.6 is 0 Å². The smallest absolute Gasteiger partial charge is 0.131 e. The van der Waals surface area contributed by atoms with Gasteiger partial charge in [-0.3, -0.25) is 0 Å². The van der Waals surface area contributed by atoms with Crippen LogP contribution in [-0.2, 0) is 0 Å². The topological polar surface area (TPSA) is 38.1 Å². The van der Waals surface area contributed by atoms with Crippen LogP contribution in [0.3, 0.4) is 0 Å². The summed E-state index contributed by atoms with van der Waals surface area (Å²) in [6.07, 6.45) is 7.23. The predicted molar refractivity (Wildman–Crippen MR) is 39.5 cm³/mol. The van der Waals surface area contributed by atoms with Crippen molar-refractivity contribution in [3.63, 3.8) is 0 Å². The zero-order chi connectivity index (χ0) is 7.23. The molecule has 0 aromatic carbocycles. The van der Waals surface area contributed by atoms with Crippen LogP contribution in [0.5, 0.6) is 0 Å². The Labute approximate surface area is 59.7 Å². The lowest BCUT2D eigenvalue weighted by molar-refractivity contribution is 0.419. The van der Waals surface area contributed by atoms with E-state index in [0.29, 0.717) is 0 Å². The third-order valence-electron chi connectivity index (χ3n) is 1.08. The van der Waals surface area contributed by atoms with Gasteiger partial charge in [0.15, 0.2) is 0 Å². The average molecular weight is 138 g/mol. The monoisotopic (exact) mass is 138 g/mol. The van der Waals surface area contributed by atoms with E-state index in [2.05, 4.69) is 15.0 Å². The maximum absolute atomic E-state index is 4.62. The Kier molecular flexibility index (Phi) is 2.70. The number of likely N-dealkylation sites (N-methyl/N-ethyl adjacent to an activating group) is 1. The van der Waals surface area contributed by atoms with Crippen molar-refractivity contribution < 1.29 is 4.52 Å². The Hall–Kier alpha value is -1.09. The summed E-state index contributed by atoms with van der Waals surface area (Å²) in [6.45, 7) is 0.866. The summed E-state index contributed by atoms with van der Waals surface area (Å²) in [5.41, 5.74) is 0.996. The van der Waals surface area contributed by atoms with Crippen molar-refractivity contribution in [3.05, 3.63) is 24.1 Å². The lowest BCUT2D eigenvalue weighted by Gasteiger charge is -1.84. The third kappa shape index (κ3) is 2.03. The van der Waals surface area contributed by atoms with Crippen LogP contribution in [0.25, 0.3) is 6.08 Å². The van der Waals surface area contributed by atoms with Crippen LogP contribution < -0.4 is 5.32 Å². The van der Waals surface area contributed by atoms with Crippen molar-refractivity contribution in [2.75, 3.05) is 13.6 Å². The molecule has 1 aromatic heterocycles. The number of nitrogens with zero attached hydrogens (tertiary/aromatic N) is 1. The van der Waals surface area contributed by atoms with E-state index in [1.54, 1.807) is 12.5 Å². The largest absolute Gasteiger partial charge is 0.364 e. The van der Waals surface area contributed by atoms with Gasteiger partial charge >= 0.3 is 0 Å². The number of nitrogens with one attached hydrogen (secondary N) is 1. The summed E-state index contributed by atoms with van der Waals surface area (Å²) >= 11 is 0. The van der Waals surface area contributed by atoms with E-state index in [4.69, 9.17) is 0 Å². The van der Waals surface area contributed by atoms with Crippen LogP contribution in [-0.4, -0.2) is 18.7 Å². The van der Waals surface area contributed by atoms with Gasteiger partial charge in [0.1, 0.15) is 6.26 Å². The second-order valence-electron chi connectivity index (χ2n) is 1.92. The SMILES string of the molecule is CNCC=Cc1cnoc1. The molecule has 1 N–H and O–H groups in total. The summed E-state index contributed by atoms with van der Waals surface area (Å²) < 4.78 is 4.62. The van der Waals surface area contributed by atoms with E-state index in [-0.39, 0.29) is 0 Å². The standard InChI is InChI=1S/C7H10N2O/c1-8-4-2-3-7-5-9-10-6-7/h2-3,5-6,8H,4H2,1H3. The van der Waals surface area contributed by atoms with Gasteiger partial charge < -0.3 is 9.84 Å². The molecule has 3 nitrogen and oxygen atoms in total. The Balaban J connectivity index is 2.40. The van der Waals surface area contributed by atoms with Gasteiger partial charge in [-0.25, -0.2) is 0 Å². The van der Waals surface area contributed by atoms with Crippen molar-refractivity contribution in [1.29, 1.82) is 0 Å². The van der Waals surface area contributed by atoms with Crippen molar-refractivity contribution >= 4 is 6.08 Å². The van der Waals surface area contributed by atoms with Gasteiger partial charge in [-0.15, -0.1) is 0 Å². The summed E-state index contributed by atoms with van der Waals surface area (Å²) in [4.78, 5) is 0. The van der Waals surface area contributed by atoms with Crippen LogP contribution in [0, 0.1) is 0 Å². The van der Waals surface area contributed by atoms with E-state index in [1.807, 2.05) is 19.2 Å². The van der Waals surface area contributed by atoms with Gasteiger partial charge in [0, 0.05) is 12.1 Å². The number of hydrogen-bond acceptors (Lipinski definition) is 3. The van der Waals surface area contributed by atoms with Gasteiger partial charge in [0.25, 0.3) is 0 Å². The minimum absolute atomic E-state index is 0.866. The molecule has 3 heteroatoms. The Morgan fingerprint density at radius 3 is 3.30 bits per heavy atom. The fourth-order valence-corrected chi connectivity index (χ4v) is 0.608. The normalized spacial score (nSPS) is 10.9. The third-order valence-corrected chi connectivity index (χ3v) is 1.08. The Morgan fingerprint density at radius 2 is 2.70 bits per heavy atom. The molecule has 0 saturated carbocycles. The van der Waals surface area contributed by atoms with Crippen LogP contribution in [0.2, 0.25) is 0 Å². The summed E-state index contributed by atoms with van der Waals surface area (Å²) in [6, 6.07) is 0. The van der Waals surface area contributed by atoms with Gasteiger partial charge in [-0.05, 0) is 7.05 Å². The molecule has 0 atom stereocenters. The molecule has 0 bridgehead atoms. The second kappa shape index (κ2) is 3.85. The molecule has 0 aliphatic rings. The van der Waals surface area contributed by atoms with E-state index in [1.165, 1.54) is 0 Å². The van der Waals surface area contributed by atoms with Crippen molar-refractivity contribution in [1.82, 2.24) is 10.5 Å². The molecule has 0 aliphatic carbocycles. The maximum Gasteiger partial charge on any atom is 0.131 e. The first-order valence-corrected chi connectivity index (χ1v) is 3.14. The van der Waals surface area contributed by atoms with E-state index >= 15 is 0 Å². The molecule has 0 saturated heterocycles. The minimum Gasteiger partial charge on any atom is -0.364 e. The Morgan fingerprint density at radius 1 is 1.80 bits per heavy atom. The zero-order valence-corrected chi connectivity index (χ0v) is 5.87. The highest BCUT2D eigenvalue weighted by Crippen LogP contribution is 1.97. The molecule has 0 amide bonds. The fraction of sp³-hybridized carbons (Fsp3) is 0.286.